The molecular weight excluding hydrogens is 471 g/mol. The first kappa shape index (κ1) is 30.3. The first-order valence-corrected chi connectivity index (χ1v) is 13.7. The van der Waals surface area contributed by atoms with Gasteiger partial charge in [-0.2, -0.15) is 0 Å². The molecular formula is C27H37FO6S. The van der Waals surface area contributed by atoms with E-state index in [0.29, 0.717) is 11.5 Å². The summed E-state index contributed by atoms with van der Waals surface area (Å²) in [5, 5.41) is 0. The second kappa shape index (κ2) is 14.0. The number of carbonyl (C=O) groups is 2. The van der Waals surface area contributed by atoms with Gasteiger partial charge in [-0.25, -0.2) is 17.6 Å². The second-order valence-electron chi connectivity index (χ2n) is 8.40. The van der Waals surface area contributed by atoms with E-state index >= 15 is 0 Å². The van der Waals surface area contributed by atoms with E-state index in [2.05, 4.69) is 20.8 Å². The van der Waals surface area contributed by atoms with Crippen LogP contribution in [0.4, 0.5) is 4.39 Å². The van der Waals surface area contributed by atoms with Crippen molar-refractivity contribution in [3.63, 3.8) is 0 Å². The Morgan fingerprint density at radius 1 is 1.06 bits per heavy atom. The maximum atomic E-state index is 13.9. The van der Waals surface area contributed by atoms with Crippen LogP contribution in [0.2, 0.25) is 0 Å². The summed E-state index contributed by atoms with van der Waals surface area (Å²) in [6, 6.07) is 7.97. The molecule has 0 aliphatic rings. The Morgan fingerprint density at radius 3 is 2.20 bits per heavy atom. The van der Waals surface area contributed by atoms with Crippen molar-refractivity contribution >= 4 is 21.6 Å². The molecule has 0 spiro atoms. The van der Waals surface area contributed by atoms with Crippen molar-refractivity contribution in [2.45, 2.75) is 65.2 Å². The fraction of sp³-hybridized carbons (Fsp3) is 0.481. The van der Waals surface area contributed by atoms with Gasteiger partial charge >= 0.3 is 5.97 Å². The van der Waals surface area contributed by atoms with E-state index in [1.165, 1.54) is 26.5 Å². The zero-order chi connectivity index (χ0) is 26.8. The van der Waals surface area contributed by atoms with Gasteiger partial charge in [-0.1, -0.05) is 34.1 Å². The molecule has 0 saturated carbocycles. The van der Waals surface area contributed by atoms with Gasteiger partial charge in [0.15, 0.2) is 15.6 Å². The van der Waals surface area contributed by atoms with Crippen LogP contribution in [0.25, 0.3) is 0 Å². The number of hydrogen-bond donors (Lipinski definition) is 0. The van der Waals surface area contributed by atoms with Gasteiger partial charge in [0, 0.05) is 11.8 Å². The monoisotopic (exact) mass is 508 g/mol. The van der Waals surface area contributed by atoms with Crippen LogP contribution in [0.1, 0.15) is 79.3 Å². The molecule has 0 amide bonds. The number of aryl methyl sites for hydroxylation is 1. The number of Topliss-reactive ketones (excluding diaryl/α,β-unsaturated/α-hetero) is 1. The highest BCUT2D eigenvalue weighted by atomic mass is 32.2. The summed E-state index contributed by atoms with van der Waals surface area (Å²) in [6.07, 6.45) is 4.29. The van der Waals surface area contributed by atoms with E-state index in [1.807, 2.05) is 12.1 Å². The number of ketones is 1. The predicted molar refractivity (Wildman–Crippen MR) is 136 cm³/mol. The van der Waals surface area contributed by atoms with Crippen LogP contribution in [-0.4, -0.2) is 40.1 Å². The van der Waals surface area contributed by atoms with E-state index in [-0.39, 0.29) is 34.2 Å². The zero-order valence-electron chi connectivity index (χ0n) is 21.7. The number of benzene rings is 2. The Bertz CT molecular complexity index is 1120. The highest BCUT2D eigenvalue weighted by molar-refractivity contribution is 7.90. The molecule has 8 heteroatoms. The average Bonchev–Trinajstić information content (AvgIpc) is 2.82. The number of rotatable bonds is 10. The summed E-state index contributed by atoms with van der Waals surface area (Å²) in [6.45, 7) is 10.2. The molecule has 194 valence electrons. The second-order valence-corrected chi connectivity index (χ2v) is 10.4. The van der Waals surface area contributed by atoms with Crippen molar-refractivity contribution in [1.29, 1.82) is 0 Å². The van der Waals surface area contributed by atoms with E-state index < -0.39 is 15.7 Å². The third kappa shape index (κ3) is 8.76. The smallest absolute Gasteiger partial charge is 0.337 e. The van der Waals surface area contributed by atoms with Gasteiger partial charge in [0.05, 0.1) is 19.3 Å². The minimum atomic E-state index is -3.59. The first-order chi connectivity index (χ1) is 16.4. The molecule has 2 rings (SSSR count). The fourth-order valence-electron chi connectivity index (χ4n) is 3.38. The molecule has 2 aromatic carbocycles. The number of ether oxygens (including phenoxy) is 2. The van der Waals surface area contributed by atoms with Crippen molar-refractivity contribution in [2.75, 3.05) is 20.0 Å². The molecule has 0 bridgehead atoms. The summed E-state index contributed by atoms with van der Waals surface area (Å²) in [5.74, 6) is 0.173. The van der Waals surface area contributed by atoms with Crippen molar-refractivity contribution in [3.05, 3.63) is 58.4 Å². The van der Waals surface area contributed by atoms with Crippen LogP contribution < -0.4 is 4.74 Å². The van der Waals surface area contributed by atoms with E-state index in [1.54, 1.807) is 13.0 Å². The van der Waals surface area contributed by atoms with Crippen LogP contribution in [0.3, 0.4) is 0 Å². The lowest BCUT2D eigenvalue weighted by atomic mass is 10.0. The maximum absolute atomic E-state index is 13.9. The molecule has 2 aromatic rings. The van der Waals surface area contributed by atoms with Gasteiger partial charge in [-0.3, -0.25) is 4.79 Å². The molecule has 0 aromatic heterocycles. The largest absolute Gasteiger partial charge is 0.493 e. The van der Waals surface area contributed by atoms with Gasteiger partial charge in [-0.05, 0) is 73.6 Å². The minimum Gasteiger partial charge on any atom is -0.493 e. The van der Waals surface area contributed by atoms with Gasteiger partial charge in [-0.15, -0.1) is 0 Å². The van der Waals surface area contributed by atoms with Crippen LogP contribution in [0.5, 0.6) is 5.75 Å². The van der Waals surface area contributed by atoms with Crippen molar-refractivity contribution < 1.29 is 31.9 Å². The van der Waals surface area contributed by atoms with E-state index in [9.17, 15) is 22.4 Å². The topological polar surface area (TPSA) is 86.7 Å². The van der Waals surface area contributed by atoms with Crippen molar-refractivity contribution in [1.82, 2.24) is 0 Å². The molecule has 1 atom stereocenters. The molecule has 0 fully saturated rings. The van der Waals surface area contributed by atoms with Crippen molar-refractivity contribution in [3.8, 4) is 5.75 Å². The lowest BCUT2D eigenvalue weighted by molar-refractivity contribution is 0.0600. The average molecular weight is 509 g/mol. The third-order valence-corrected chi connectivity index (χ3v) is 6.88. The van der Waals surface area contributed by atoms with Crippen LogP contribution >= 0.6 is 0 Å². The number of hydrogen-bond acceptors (Lipinski definition) is 6. The van der Waals surface area contributed by atoms with Crippen LogP contribution in [0.15, 0.2) is 35.2 Å². The first-order valence-electron chi connectivity index (χ1n) is 11.8. The van der Waals surface area contributed by atoms with Gasteiger partial charge < -0.3 is 9.47 Å². The molecule has 6 nitrogen and oxygen atoms in total. The molecule has 0 radical (unpaired) electrons. The molecule has 0 aliphatic heterocycles. The molecule has 1 unspecified atom stereocenters. The van der Waals surface area contributed by atoms with Crippen molar-refractivity contribution in [2.24, 2.45) is 5.92 Å². The summed E-state index contributed by atoms with van der Waals surface area (Å²) in [7, 11) is -2.20. The highest BCUT2D eigenvalue weighted by Gasteiger charge is 2.20. The number of methoxy groups -OCH3 is 1. The Labute approximate surface area is 208 Å². The molecule has 35 heavy (non-hydrogen) atoms. The quantitative estimate of drug-likeness (QED) is 0.296. The number of halogens is 1. The van der Waals surface area contributed by atoms with Crippen LogP contribution in [-0.2, 0) is 27.4 Å². The molecule has 0 heterocycles. The van der Waals surface area contributed by atoms with Gasteiger partial charge in [0.25, 0.3) is 0 Å². The number of sulfone groups is 1. The Balaban J connectivity index is 0.000000355. The lowest BCUT2D eigenvalue weighted by Gasteiger charge is -2.13. The standard InChI is InChI=1S/C16H24O3.C11H13FO3S/c1-5-12(3)9-10-19-15-8-7-14(16(17)18-4)11-13(15)6-2;1-4-8-9(7(2)13)5-6-10(11(8)12)16(3,14)15/h7-8,11-12H,5-6,9-10H2,1-4H3;5-6H,4H2,1-3H3. The normalized spacial score (nSPS) is 11.8. The molecule has 0 aliphatic carbocycles. The Hall–Kier alpha value is -2.74. The third-order valence-electron chi connectivity index (χ3n) is 5.77. The SMILES string of the molecule is CCc1c(C(C)=O)ccc(S(C)(=O)=O)c1F.CCc1cc(C(=O)OC)ccc1OCCC(C)CC. The Kier molecular flexibility index (Phi) is 12.1. The highest BCUT2D eigenvalue weighted by Crippen LogP contribution is 2.23. The predicted octanol–water partition coefficient (Wildman–Crippen LogP) is 5.84. The number of esters is 1. The van der Waals surface area contributed by atoms with Crippen LogP contribution in [0, 0.1) is 11.7 Å². The van der Waals surface area contributed by atoms with E-state index in [0.717, 1.165) is 43.1 Å². The zero-order valence-corrected chi connectivity index (χ0v) is 22.6. The summed E-state index contributed by atoms with van der Waals surface area (Å²) >= 11 is 0. The summed E-state index contributed by atoms with van der Waals surface area (Å²) < 4.78 is 47.0. The minimum absolute atomic E-state index is 0.162. The molecule has 0 N–H and O–H groups in total. The fourth-order valence-corrected chi connectivity index (χ4v) is 4.14. The summed E-state index contributed by atoms with van der Waals surface area (Å²) in [4.78, 5) is 22.3. The number of carbonyl (C=O) groups excluding carboxylic acids is 2. The maximum Gasteiger partial charge on any atom is 0.337 e. The van der Waals surface area contributed by atoms with Gasteiger partial charge in [0.1, 0.15) is 16.5 Å². The van der Waals surface area contributed by atoms with E-state index in [4.69, 9.17) is 9.47 Å². The molecule has 0 saturated heterocycles. The lowest BCUT2D eigenvalue weighted by Crippen LogP contribution is -2.08. The summed E-state index contributed by atoms with van der Waals surface area (Å²) in [5.41, 5.74) is 2.03. The Morgan fingerprint density at radius 2 is 1.71 bits per heavy atom. The van der Waals surface area contributed by atoms with Gasteiger partial charge in [0.2, 0.25) is 0 Å².